The van der Waals surface area contributed by atoms with Crippen molar-refractivity contribution in [3.8, 4) is 5.75 Å². The van der Waals surface area contributed by atoms with Crippen LogP contribution < -0.4 is 10.1 Å². The highest BCUT2D eigenvalue weighted by Gasteiger charge is 2.33. The van der Waals surface area contributed by atoms with E-state index in [-0.39, 0.29) is 6.61 Å². The fourth-order valence-corrected chi connectivity index (χ4v) is 2.96. The highest BCUT2D eigenvalue weighted by Crippen LogP contribution is 2.28. The van der Waals surface area contributed by atoms with Gasteiger partial charge in [0.25, 0.3) is 5.91 Å². The number of halogens is 2. The number of carbonyl (C=O) groups is 2. The molecule has 0 spiro atoms. The molecule has 0 fully saturated rings. The van der Waals surface area contributed by atoms with Crippen LogP contribution in [-0.2, 0) is 9.59 Å². The molecule has 2 N–H and O–H groups in total. The maximum Gasteiger partial charge on any atom is 0.329 e. The molecule has 1 amide bonds. The first-order chi connectivity index (χ1) is 9.78. The predicted octanol–water partition coefficient (Wildman–Crippen LogP) is 3.35. The number of carboxylic acids is 1. The number of ether oxygens (including phenoxy) is 1. The van der Waals surface area contributed by atoms with E-state index >= 15 is 0 Å². The Morgan fingerprint density at radius 3 is 2.57 bits per heavy atom. The van der Waals surface area contributed by atoms with Gasteiger partial charge in [-0.3, -0.25) is 4.79 Å². The third-order valence-electron chi connectivity index (χ3n) is 2.89. The zero-order valence-electron chi connectivity index (χ0n) is 11.8. The van der Waals surface area contributed by atoms with Gasteiger partial charge in [-0.2, -0.15) is 0 Å². The summed E-state index contributed by atoms with van der Waals surface area (Å²) in [7, 11) is 0. The molecule has 0 saturated carbocycles. The average Bonchev–Trinajstić information content (AvgIpc) is 2.37. The minimum absolute atomic E-state index is 0.243. The Bertz CT molecular complexity index is 536. The van der Waals surface area contributed by atoms with Crippen LogP contribution in [0.4, 0.5) is 0 Å². The second kappa shape index (κ2) is 7.79. The van der Waals surface area contributed by atoms with Gasteiger partial charge >= 0.3 is 5.97 Å². The van der Waals surface area contributed by atoms with Crippen molar-refractivity contribution in [1.29, 1.82) is 0 Å². The molecule has 21 heavy (non-hydrogen) atoms. The van der Waals surface area contributed by atoms with Crippen molar-refractivity contribution in [2.24, 2.45) is 0 Å². The molecule has 0 bridgehead atoms. The number of nitrogens with one attached hydrogen (secondary N) is 1. The van der Waals surface area contributed by atoms with Crippen molar-refractivity contribution >= 4 is 43.7 Å². The molecule has 0 aliphatic carbocycles. The molecule has 5 nitrogen and oxygen atoms in total. The Morgan fingerprint density at radius 1 is 1.38 bits per heavy atom. The van der Waals surface area contributed by atoms with Gasteiger partial charge in [0.2, 0.25) is 0 Å². The van der Waals surface area contributed by atoms with Crippen LogP contribution >= 0.6 is 31.9 Å². The molecule has 116 valence electrons. The van der Waals surface area contributed by atoms with Crippen LogP contribution in [0.1, 0.15) is 26.7 Å². The number of rotatable bonds is 7. The van der Waals surface area contributed by atoms with Crippen LogP contribution in [0.15, 0.2) is 27.1 Å². The van der Waals surface area contributed by atoms with Crippen molar-refractivity contribution in [2.45, 2.75) is 32.2 Å². The standard InChI is InChI=1S/C14H17Br2NO4/c1-3-6-14(2,13(19)20)17-12(18)8-21-11-5-4-9(15)7-10(11)16/h4-5,7H,3,6,8H2,1-2H3,(H,17,18)(H,19,20). The van der Waals surface area contributed by atoms with Crippen molar-refractivity contribution in [3.05, 3.63) is 27.1 Å². The van der Waals surface area contributed by atoms with Crippen molar-refractivity contribution in [2.75, 3.05) is 6.61 Å². The van der Waals surface area contributed by atoms with Crippen LogP contribution in [0.25, 0.3) is 0 Å². The number of hydrogen-bond donors (Lipinski definition) is 2. The van der Waals surface area contributed by atoms with Crippen LogP contribution in [0.2, 0.25) is 0 Å². The van der Waals surface area contributed by atoms with Crippen molar-refractivity contribution < 1.29 is 19.4 Å². The topological polar surface area (TPSA) is 75.6 Å². The molecule has 1 rings (SSSR count). The number of carbonyl (C=O) groups excluding carboxylic acids is 1. The number of benzene rings is 1. The van der Waals surface area contributed by atoms with Crippen molar-refractivity contribution in [1.82, 2.24) is 5.32 Å². The lowest BCUT2D eigenvalue weighted by Gasteiger charge is -2.25. The van der Waals surface area contributed by atoms with E-state index in [4.69, 9.17) is 4.74 Å². The Kier molecular flexibility index (Phi) is 6.67. The van der Waals surface area contributed by atoms with E-state index in [1.165, 1.54) is 6.92 Å². The van der Waals surface area contributed by atoms with E-state index < -0.39 is 17.4 Å². The quantitative estimate of drug-likeness (QED) is 0.706. The van der Waals surface area contributed by atoms with Gasteiger partial charge in [-0.1, -0.05) is 29.3 Å². The molecule has 1 unspecified atom stereocenters. The highest BCUT2D eigenvalue weighted by molar-refractivity contribution is 9.11. The average molecular weight is 423 g/mol. The van der Waals surface area contributed by atoms with Gasteiger partial charge in [0, 0.05) is 4.47 Å². The van der Waals surface area contributed by atoms with E-state index in [9.17, 15) is 14.7 Å². The normalized spacial score (nSPS) is 13.3. The lowest BCUT2D eigenvalue weighted by molar-refractivity contribution is -0.147. The molecule has 0 heterocycles. The van der Waals surface area contributed by atoms with Gasteiger partial charge in [0.05, 0.1) is 4.47 Å². The number of amides is 1. The second-order valence-corrected chi connectivity index (χ2v) is 6.57. The lowest BCUT2D eigenvalue weighted by Crippen LogP contribution is -2.53. The third kappa shape index (κ3) is 5.32. The van der Waals surface area contributed by atoms with Gasteiger partial charge in [0.1, 0.15) is 11.3 Å². The van der Waals surface area contributed by atoms with Gasteiger partial charge < -0.3 is 15.2 Å². The molecule has 0 radical (unpaired) electrons. The summed E-state index contributed by atoms with van der Waals surface area (Å²) in [5.74, 6) is -1.01. The molecule has 1 aromatic rings. The summed E-state index contributed by atoms with van der Waals surface area (Å²) in [5, 5.41) is 11.7. The molecule has 0 aliphatic rings. The molecule has 1 aromatic carbocycles. The molecular formula is C14H17Br2NO4. The highest BCUT2D eigenvalue weighted by atomic mass is 79.9. The number of carboxylic acid groups (broad SMARTS) is 1. The second-order valence-electron chi connectivity index (χ2n) is 4.80. The number of hydrogen-bond acceptors (Lipinski definition) is 3. The summed E-state index contributed by atoms with van der Waals surface area (Å²) in [6.07, 6.45) is 1.01. The molecule has 7 heteroatoms. The molecular weight excluding hydrogens is 406 g/mol. The first-order valence-electron chi connectivity index (χ1n) is 6.40. The van der Waals surface area contributed by atoms with Gasteiger partial charge in [-0.25, -0.2) is 4.79 Å². The Labute approximate surface area is 140 Å². The van der Waals surface area contributed by atoms with Crippen LogP contribution in [0.3, 0.4) is 0 Å². The number of aliphatic carboxylic acids is 1. The lowest BCUT2D eigenvalue weighted by atomic mass is 9.96. The van der Waals surface area contributed by atoms with E-state index in [2.05, 4.69) is 37.2 Å². The van der Waals surface area contributed by atoms with E-state index in [0.29, 0.717) is 23.1 Å². The van der Waals surface area contributed by atoms with Crippen LogP contribution in [-0.4, -0.2) is 29.1 Å². The fourth-order valence-electron chi connectivity index (χ4n) is 1.80. The monoisotopic (exact) mass is 421 g/mol. The van der Waals surface area contributed by atoms with Gasteiger partial charge in [-0.05, 0) is 47.5 Å². The summed E-state index contributed by atoms with van der Waals surface area (Å²) in [6, 6.07) is 5.30. The molecule has 1 atom stereocenters. The van der Waals surface area contributed by atoms with Crippen molar-refractivity contribution in [3.63, 3.8) is 0 Å². The summed E-state index contributed by atoms with van der Waals surface area (Å²) < 4.78 is 6.97. The van der Waals surface area contributed by atoms with Crippen LogP contribution in [0.5, 0.6) is 5.75 Å². The van der Waals surface area contributed by atoms with E-state index in [1.807, 2.05) is 6.92 Å². The summed E-state index contributed by atoms with van der Waals surface area (Å²) in [4.78, 5) is 23.1. The zero-order chi connectivity index (χ0) is 16.0. The maximum atomic E-state index is 11.9. The minimum atomic E-state index is -1.27. The molecule has 0 aliphatic heterocycles. The van der Waals surface area contributed by atoms with Gasteiger partial charge in [-0.15, -0.1) is 0 Å². The first kappa shape index (κ1) is 18.0. The summed E-state index contributed by atoms with van der Waals surface area (Å²) in [6.45, 7) is 3.11. The fraction of sp³-hybridized carbons (Fsp3) is 0.429. The molecule has 0 saturated heterocycles. The van der Waals surface area contributed by atoms with E-state index in [0.717, 1.165) is 4.47 Å². The summed E-state index contributed by atoms with van der Waals surface area (Å²) in [5.41, 5.74) is -1.27. The van der Waals surface area contributed by atoms with Crippen LogP contribution in [0, 0.1) is 0 Å². The van der Waals surface area contributed by atoms with Gasteiger partial charge in [0.15, 0.2) is 6.61 Å². The largest absolute Gasteiger partial charge is 0.483 e. The first-order valence-corrected chi connectivity index (χ1v) is 7.99. The minimum Gasteiger partial charge on any atom is -0.483 e. The Morgan fingerprint density at radius 2 is 2.05 bits per heavy atom. The maximum absolute atomic E-state index is 11.9. The third-order valence-corrected chi connectivity index (χ3v) is 4.00. The summed E-state index contributed by atoms with van der Waals surface area (Å²) >= 11 is 6.65. The zero-order valence-corrected chi connectivity index (χ0v) is 15.0. The Balaban J connectivity index is 2.63. The Hall–Kier alpha value is -1.08. The van der Waals surface area contributed by atoms with E-state index in [1.54, 1.807) is 18.2 Å². The SMILES string of the molecule is CCCC(C)(NC(=O)COc1ccc(Br)cc1Br)C(=O)O. The smallest absolute Gasteiger partial charge is 0.329 e. The molecule has 0 aromatic heterocycles. The predicted molar refractivity (Wildman–Crippen MR) is 86.4 cm³/mol.